The van der Waals surface area contributed by atoms with E-state index in [-0.39, 0.29) is 12.3 Å². The Morgan fingerprint density at radius 2 is 1.87 bits per heavy atom. The Morgan fingerprint density at radius 3 is 2.53 bits per heavy atom. The van der Waals surface area contributed by atoms with Gasteiger partial charge in [0.1, 0.15) is 12.6 Å². The van der Waals surface area contributed by atoms with Crippen LogP contribution in [0.15, 0.2) is 53.7 Å². The molecule has 158 valence electrons. The summed E-state index contributed by atoms with van der Waals surface area (Å²) in [5, 5.41) is 15.3. The van der Waals surface area contributed by atoms with Crippen LogP contribution in [-0.2, 0) is 4.74 Å². The van der Waals surface area contributed by atoms with Crippen LogP contribution in [0.1, 0.15) is 37.1 Å². The lowest BCUT2D eigenvalue weighted by Gasteiger charge is -2.14. The van der Waals surface area contributed by atoms with Crippen molar-refractivity contribution in [2.24, 2.45) is 0 Å². The second-order valence-corrected chi connectivity index (χ2v) is 9.05. The van der Waals surface area contributed by atoms with Crippen LogP contribution in [-0.4, -0.2) is 52.7 Å². The minimum absolute atomic E-state index is 0.0476. The van der Waals surface area contributed by atoms with E-state index in [1.165, 1.54) is 16.8 Å². The summed E-state index contributed by atoms with van der Waals surface area (Å²) in [5.41, 5.74) is 4.67. The van der Waals surface area contributed by atoms with Crippen molar-refractivity contribution in [1.82, 2.24) is 20.2 Å². The summed E-state index contributed by atoms with van der Waals surface area (Å²) in [6.45, 7) is 5.31. The van der Waals surface area contributed by atoms with Gasteiger partial charge in [0.25, 0.3) is 0 Å². The Bertz CT molecular complexity index is 955. The van der Waals surface area contributed by atoms with Gasteiger partial charge in [-0.05, 0) is 58.3 Å². The molecule has 8 heteroatoms. The number of anilines is 1. The van der Waals surface area contributed by atoms with Gasteiger partial charge < -0.3 is 15.0 Å². The summed E-state index contributed by atoms with van der Waals surface area (Å²) < 4.78 is 8.06. The van der Waals surface area contributed by atoms with Crippen molar-refractivity contribution < 1.29 is 10.1 Å². The highest BCUT2D eigenvalue weighted by Gasteiger charge is 2.30. The Labute approximate surface area is 181 Å². The van der Waals surface area contributed by atoms with Crippen molar-refractivity contribution in [2.75, 3.05) is 31.3 Å². The average Bonchev–Trinajstić information content (AvgIpc) is 3.42. The molecule has 0 spiro atoms. The Hall–Kier alpha value is -2.42. The molecule has 2 atom stereocenters. The minimum Gasteiger partial charge on any atom is -0.378 e. The number of ether oxygens (including phenoxy) is 1. The standard InChI is InChI=1S/C22H28N6OS/c1-15(2)16-5-11-19(12-6-16)28-22(24-25-26-28)30-14-20-13-23-21(29-20)17-7-9-18(10-8-17)27(3)4/h5-12,15,20-21,23H,13-14H2,1-4H3/p+1/t20-,21-/m1/s1. The molecular formula is C22H29N6OS+. The summed E-state index contributed by atoms with van der Waals surface area (Å²) in [7, 11) is 4.10. The third kappa shape index (κ3) is 4.66. The smallest absolute Gasteiger partial charge is 0.217 e. The van der Waals surface area contributed by atoms with Crippen LogP contribution in [0.2, 0.25) is 0 Å². The fourth-order valence-electron chi connectivity index (χ4n) is 3.48. The quantitative estimate of drug-likeness (QED) is 0.587. The van der Waals surface area contributed by atoms with E-state index in [1.807, 2.05) is 14.1 Å². The minimum atomic E-state index is 0.0476. The van der Waals surface area contributed by atoms with Gasteiger partial charge in [-0.3, -0.25) is 0 Å². The first-order chi connectivity index (χ1) is 14.5. The summed E-state index contributed by atoms with van der Waals surface area (Å²) in [5.74, 6) is 1.32. The molecule has 4 rings (SSSR count). The van der Waals surface area contributed by atoms with E-state index in [0.717, 1.165) is 23.1 Å². The van der Waals surface area contributed by atoms with E-state index in [1.54, 1.807) is 16.4 Å². The van der Waals surface area contributed by atoms with Gasteiger partial charge in [-0.1, -0.05) is 37.7 Å². The third-order valence-corrected chi connectivity index (χ3v) is 6.38. The Kier molecular flexibility index (Phi) is 6.36. The summed E-state index contributed by atoms with van der Waals surface area (Å²) >= 11 is 1.64. The number of nitrogens with zero attached hydrogens (tertiary/aromatic N) is 5. The summed E-state index contributed by atoms with van der Waals surface area (Å²) in [4.78, 5) is 2.10. The molecule has 2 heterocycles. The molecule has 0 unspecified atom stereocenters. The zero-order chi connectivity index (χ0) is 21.1. The lowest BCUT2D eigenvalue weighted by Crippen LogP contribution is -2.82. The van der Waals surface area contributed by atoms with Gasteiger partial charge in [0.15, 0.2) is 0 Å². The maximum Gasteiger partial charge on any atom is 0.217 e. The van der Waals surface area contributed by atoms with E-state index in [2.05, 4.69) is 88.1 Å². The van der Waals surface area contributed by atoms with E-state index >= 15 is 0 Å². The van der Waals surface area contributed by atoms with E-state index in [0.29, 0.717) is 5.92 Å². The van der Waals surface area contributed by atoms with Crippen LogP contribution in [0.25, 0.3) is 5.69 Å². The molecule has 0 bridgehead atoms. The van der Waals surface area contributed by atoms with Gasteiger partial charge in [-0.2, -0.15) is 4.68 Å². The molecule has 1 fully saturated rings. The first-order valence-electron chi connectivity index (χ1n) is 10.3. The highest BCUT2D eigenvalue weighted by molar-refractivity contribution is 7.99. The van der Waals surface area contributed by atoms with Crippen molar-refractivity contribution in [3.05, 3.63) is 59.7 Å². The topological polar surface area (TPSA) is 72.7 Å². The normalized spacial score (nSPS) is 18.8. The van der Waals surface area contributed by atoms with E-state index in [4.69, 9.17) is 4.74 Å². The number of hydrogen-bond donors (Lipinski definition) is 1. The number of hydrogen-bond acceptors (Lipinski definition) is 6. The molecule has 3 aromatic rings. The predicted octanol–water partition coefficient (Wildman–Crippen LogP) is 2.60. The van der Waals surface area contributed by atoms with Crippen LogP contribution < -0.4 is 10.2 Å². The van der Waals surface area contributed by atoms with Crippen molar-refractivity contribution in [2.45, 2.75) is 37.3 Å². The van der Waals surface area contributed by atoms with Crippen LogP contribution in [0.4, 0.5) is 5.69 Å². The van der Waals surface area contributed by atoms with E-state index < -0.39 is 0 Å². The maximum atomic E-state index is 6.27. The van der Waals surface area contributed by atoms with Crippen LogP contribution in [0.3, 0.4) is 0 Å². The SMILES string of the molecule is CC(C)c1ccc(-n2nnnc2SC[C@H]2C[NH2+][C@@H](c3ccc(N(C)C)cc3)O2)cc1. The maximum absolute atomic E-state index is 6.27. The molecule has 2 aromatic carbocycles. The van der Waals surface area contributed by atoms with E-state index in [9.17, 15) is 0 Å². The van der Waals surface area contributed by atoms with Crippen molar-refractivity contribution in [3.8, 4) is 5.69 Å². The van der Waals surface area contributed by atoms with Gasteiger partial charge in [-0.15, -0.1) is 5.10 Å². The largest absolute Gasteiger partial charge is 0.378 e. The molecule has 0 aliphatic carbocycles. The number of quaternary nitrogens is 1. The van der Waals surface area contributed by atoms with Crippen molar-refractivity contribution >= 4 is 17.4 Å². The lowest BCUT2D eigenvalue weighted by atomic mass is 10.0. The first kappa shape index (κ1) is 20.8. The van der Waals surface area contributed by atoms with Gasteiger partial charge in [0.05, 0.1) is 5.69 Å². The molecule has 0 amide bonds. The van der Waals surface area contributed by atoms with Gasteiger partial charge in [0, 0.05) is 31.1 Å². The first-order valence-corrected chi connectivity index (χ1v) is 11.3. The Balaban J connectivity index is 1.35. The summed E-state index contributed by atoms with van der Waals surface area (Å²) in [6.07, 6.45) is 0.202. The molecule has 0 saturated carbocycles. The fraction of sp³-hybridized carbons (Fsp3) is 0.409. The zero-order valence-corrected chi connectivity index (χ0v) is 18.7. The monoisotopic (exact) mass is 425 g/mol. The van der Waals surface area contributed by atoms with Crippen LogP contribution in [0, 0.1) is 0 Å². The Morgan fingerprint density at radius 1 is 1.13 bits per heavy atom. The van der Waals surface area contributed by atoms with Crippen LogP contribution >= 0.6 is 11.8 Å². The number of rotatable bonds is 7. The number of thioether (sulfide) groups is 1. The number of tetrazole rings is 1. The lowest BCUT2D eigenvalue weighted by molar-refractivity contribution is -0.697. The van der Waals surface area contributed by atoms with Gasteiger partial charge in [0.2, 0.25) is 11.4 Å². The van der Waals surface area contributed by atoms with Crippen molar-refractivity contribution in [3.63, 3.8) is 0 Å². The molecule has 1 aliphatic heterocycles. The third-order valence-electron chi connectivity index (χ3n) is 5.33. The number of benzene rings is 2. The predicted molar refractivity (Wildman–Crippen MR) is 119 cm³/mol. The molecular weight excluding hydrogens is 396 g/mol. The highest BCUT2D eigenvalue weighted by atomic mass is 32.2. The van der Waals surface area contributed by atoms with Crippen molar-refractivity contribution in [1.29, 1.82) is 0 Å². The van der Waals surface area contributed by atoms with Gasteiger partial charge in [-0.25, -0.2) is 0 Å². The van der Waals surface area contributed by atoms with Gasteiger partial charge >= 0.3 is 0 Å². The molecule has 1 aromatic heterocycles. The molecule has 2 N–H and O–H groups in total. The molecule has 0 radical (unpaired) electrons. The number of aromatic nitrogens is 4. The second kappa shape index (κ2) is 9.16. The molecule has 30 heavy (non-hydrogen) atoms. The summed E-state index contributed by atoms with van der Waals surface area (Å²) in [6, 6.07) is 17.0. The second-order valence-electron chi connectivity index (χ2n) is 8.07. The number of nitrogens with two attached hydrogens (primary N) is 1. The highest BCUT2D eigenvalue weighted by Crippen LogP contribution is 2.25. The molecule has 7 nitrogen and oxygen atoms in total. The fourth-order valence-corrected chi connectivity index (χ4v) is 4.38. The van der Waals surface area contributed by atoms with Crippen LogP contribution in [0.5, 0.6) is 0 Å². The zero-order valence-electron chi connectivity index (χ0n) is 17.9. The average molecular weight is 426 g/mol. The molecule has 1 saturated heterocycles. The molecule has 1 aliphatic rings.